The predicted octanol–water partition coefficient (Wildman–Crippen LogP) is 25.3. The van der Waals surface area contributed by atoms with E-state index >= 15 is 0 Å². The molecule has 0 fully saturated rings. The minimum Gasteiger partial charge on any atom is -0.457 e. The van der Waals surface area contributed by atoms with E-state index in [1.54, 1.807) is 12.4 Å². The molecule has 0 aliphatic carbocycles. The van der Waals surface area contributed by atoms with Gasteiger partial charge in [0.25, 0.3) is 0 Å². The van der Waals surface area contributed by atoms with E-state index in [9.17, 15) is 0 Å². The summed E-state index contributed by atoms with van der Waals surface area (Å²) in [6, 6.07) is 164. The van der Waals surface area contributed by atoms with Gasteiger partial charge in [0.15, 0.2) is 11.4 Å². The van der Waals surface area contributed by atoms with Gasteiger partial charge in [-0.05, 0) is 166 Å². The number of aromatic nitrogens is 2. The Kier molecular flexibility index (Phi) is 32.3. The Morgan fingerprint density at radius 2 is 0.488 bits per heavy atom. The van der Waals surface area contributed by atoms with E-state index in [1.165, 1.54) is 63.7 Å². The molecule has 0 radical (unpaired) electrons. The van der Waals surface area contributed by atoms with Crippen molar-refractivity contribution in [2.45, 2.75) is 6.92 Å². The molecule has 6 nitrogen and oxygen atoms in total. The first kappa shape index (κ1) is 86.1. The van der Waals surface area contributed by atoms with Crippen LogP contribution in [-0.4, -0.2) is 9.97 Å². The van der Waals surface area contributed by atoms with E-state index in [-0.39, 0.29) is 20.4 Å². The van der Waals surface area contributed by atoms with E-state index in [0.717, 1.165) is 65.3 Å². The van der Waals surface area contributed by atoms with Crippen LogP contribution in [0, 0.1) is 20.1 Å². The van der Waals surface area contributed by atoms with E-state index in [1.807, 2.05) is 116 Å². The number of hydrogen-bond donors (Lipinski definition) is 0. The van der Waals surface area contributed by atoms with E-state index in [4.69, 9.17) is 22.0 Å². The Labute approximate surface area is 736 Å². The number of rotatable bonds is 13. The number of nitrogens with zero attached hydrogens (tertiary/aromatic N) is 4. The average molecular weight is 1790 g/mol. The molecule has 12 heteroatoms. The molecule has 16 aromatic carbocycles. The zero-order chi connectivity index (χ0) is 82.1. The van der Waals surface area contributed by atoms with Gasteiger partial charge < -0.3 is 8.83 Å². The van der Waals surface area contributed by atoms with Crippen LogP contribution in [0.4, 0.5) is 11.4 Å². The fourth-order valence-corrected chi connectivity index (χ4v) is 23.3. The summed E-state index contributed by atoms with van der Waals surface area (Å²) >= 11 is 3.20. The maximum atomic E-state index is 7.33. The van der Waals surface area contributed by atoms with Crippen molar-refractivity contribution in [1.82, 2.24) is 9.97 Å². The summed E-state index contributed by atoms with van der Waals surface area (Å²) in [5, 5.41) is 20.6. The minimum absolute atomic E-state index is 0. The molecule has 0 unspecified atom stereocenters. The molecule has 20 rings (SSSR count). The Morgan fingerprint density at radius 3 is 0.727 bits per heavy atom. The van der Waals surface area contributed by atoms with Crippen LogP contribution in [0.3, 0.4) is 0 Å². The largest absolute Gasteiger partial charge is 0.457 e. The molecular formula is C109H83BrN4O2P4Pd. The van der Waals surface area contributed by atoms with Crippen LogP contribution in [0.1, 0.15) is 5.56 Å². The Balaban J connectivity index is 0.000000123. The standard InChI is InChI=1S/C18H10N2O.4C18H15P.C14H9NO.C5H4BrN.Pd/c1-19-15-9-5-10-16-17(15)13-7-4-6-12(18(13)21-16)14-8-2-3-11-20-14;4*1-4-10-16(11-5-1)19(17-12-6-2-7-13-17)18-14-8-3-9-15-18;1-9-5-3-6-10-13-11(15-2)7-4-8-12(13)16-14(9)10;6-5-3-1-2-4-7-5;/h2-11H;4*1-15H;3-8H,1H3;1-4H;. The molecule has 20 aromatic rings. The van der Waals surface area contributed by atoms with E-state index in [0.29, 0.717) is 11.4 Å². The van der Waals surface area contributed by atoms with Crippen molar-refractivity contribution >= 4 is 167 Å². The second kappa shape index (κ2) is 45.4. The van der Waals surface area contributed by atoms with Crippen LogP contribution in [0.2, 0.25) is 0 Å². The van der Waals surface area contributed by atoms with Crippen molar-refractivity contribution in [2.75, 3.05) is 0 Å². The van der Waals surface area contributed by atoms with Gasteiger partial charge in [0.1, 0.15) is 26.9 Å². The molecule has 0 bridgehead atoms. The Bertz CT molecular complexity index is 5710. The molecule has 0 aliphatic heterocycles. The van der Waals surface area contributed by atoms with Crippen molar-refractivity contribution in [3.8, 4) is 11.3 Å². The molecular weight excluding hydrogens is 1710 g/mol. The number of aryl methyl sites for hydroxylation is 1. The first-order valence-electron chi connectivity index (χ1n) is 39.3. The van der Waals surface area contributed by atoms with Gasteiger partial charge in [-0.2, -0.15) is 0 Å². The van der Waals surface area contributed by atoms with Crippen LogP contribution in [0.5, 0.6) is 0 Å². The van der Waals surface area contributed by atoms with Gasteiger partial charge in [0, 0.05) is 59.9 Å². The smallest absolute Gasteiger partial charge is 0.198 e. The average Bonchev–Trinajstić information content (AvgIpc) is 1.62. The summed E-state index contributed by atoms with van der Waals surface area (Å²) < 4.78 is 12.7. The molecule has 0 saturated carbocycles. The molecule has 0 atom stereocenters. The SMILES string of the molecule is Brc1ccccn1.[C-]#[N+]c1cccc2oc3c(-c4ccccn4)cccc3c12.[C-]#[N+]c1cccc2oc3c(C)cccc3c12.[Pd].c1ccc(P(c2ccccc2)c2ccccc2)cc1.c1ccc(P(c2ccccc2)c2ccccc2)cc1.c1ccc(P(c2ccccc2)c2ccccc2)cc1.c1ccc(P(c2ccccc2)c2ccccc2)cc1. The summed E-state index contributed by atoms with van der Waals surface area (Å²) in [7, 11) is -1.78. The van der Waals surface area contributed by atoms with Crippen LogP contribution >= 0.6 is 47.6 Å². The molecule has 0 N–H and O–H groups in total. The summed E-state index contributed by atoms with van der Waals surface area (Å²) in [5.41, 5.74) is 7.37. The molecule has 4 aromatic heterocycles. The first-order chi connectivity index (χ1) is 59.4. The third-order valence-electron chi connectivity index (χ3n) is 19.2. The van der Waals surface area contributed by atoms with Crippen molar-refractivity contribution in [2.24, 2.45) is 0 Å². The molecule has 121 heavy (non-hydrogen) atoms. The number of para-hydroxylation sites is 2. The van der Waals surface area contributed by atoms with Gasteiger partial charge in [-0.3, -0.25) is 4.98 Å². The van der Waals surface area contributed by atoms with E-state index < -0.39 is 31.7 Å². The molecule has 588 valence electrons. The maximum absolute atomic E-state index is 7.33. The molecule has 0 saturated heterocycles. The third kappa shape index (κ3) is 23.0. The summed E-state index contributed by atoms with van der Waals surface area (Å²) in [6.07, 6.45) is 3.51. The number of furan rings is 2. The third-order valence-corrected chi connectivity index (χ3v) is 29.4. The van der Waals surface area contributed by atoms with Crippen molar-refractivity contribution in [3.63, 3.8) is 0 Å². The van der Waals surface area contributed by atoms with Crippen LogP contribution < -0.4 is 63.7 Å². The first-order valence-corrected chi connectivity index (χ1v) is 45.4. The fraction of sp³-hybridized carbons (Fsp3) is 0.00917. The quantitative estimate of drug-likeness (QED) is 0.0499. The minimum atomic E-state index is -0.446. The number of fused-ring (bicyclic) bond motifs is 6. The zero-order valence-corrected chi connectivity index (χ0v) is 73.0. The second-order valence-electron chi connectivity index (χ2n) is 27.1. The number of pyridine rings is 2. The summed E-state index contributed by atoms with van der Waals surface area (Å²) in [5.74, 6) is 0. The van der Waals surface area contributed by atoms with Crippen LogP contribution in [0.25, 0.3) is 64.8 Å². The van der Waals surface area contributed by atoms with Crippen molar-refractivity contribution < 1.29 is 29.3 Å². The maximum Gasteiger partial charge on any atom is 0.198 e. The van der Waals surface area contributed by atoms with Gasteiger partial charge in [-0.15, -0.1) is 0 Å². The van der Waals surface area contributed by atoms with Gasteiger partial charge in [-0.25, -0.2) is 14.7 Å². The van der Waals surface area contributed by atoms with Crippen molar-refractivity contribution in [1.29, 1.82) is 0 Å². The van der Waals surface area contributed by atoms with Crippen LogP contribution in [-0.2, 0) is 20.4 Å². The Hall–Kier alpha value is -12.7. The number of halogens is 1. The number of hydrogen-bond acceptors (Lipinski definition) is 4. The summed E-state index contributed by atoms with van der Waals surface area (Å²) in [4.78, 5) is 15.4. The molecule has 0 spiro atoms. The van der Waals surface area contributed by atoms with Crippen LogP contribution in [0.15, 0.2) is 499 Å². The van der Waals surface area contributed by atoms with Gasteiger partial charge >= 0.3 is 0 Å². The fourth-order valence-electron chi connectivity index (χ4n) is 13.8. The zero-order valence-electron chi connectivity index (χ0n) is 66.3. The van der Waals surface area contributed by atoms with Crippen molar-refractivity contribution in [3.05, 3.63) is 519 Å². The molecule has 0 aliphatic rings. The monoisotopic (exact) mass is 1790 g/mol. The molecule has 4 heterocycles. The van der Waals surface area contributed by atoms with E-state index in [2.05, 4.69) is 400 Å². The second-order valence-corrected chi connectivity index (χ2v) is 36.8. The number of benzene rings is 16. The Morgan fingerprint density at radius 1 is 0.248 bits per heavy atom. The van der Waals surface area contributed by atoms with Gasteiger partial charge in [0.2, 0.25) is 0 Å². The topological polar surface area (TPSA) is 60.8 Å². The normalized spacial score (nSPS) is 10.4. The van der Waals surface area contributed by atoms with Gasteiger partial charge in [0.05, 0.1) is 18.8 Å². The van der Waals surface area contributed by atoms with Gasteiger partial charge in [-0.1, -0.05) is 431 Å². The predicted molar refractivity (Wildman–Crippen MR) is 520 cm³/mol. The summed E-state index contributed by atoms with van der Waals surface area (Å²) in [6.45, 7) is 16.5. The molecule has 0 amide bonds.